The van der Waals surface area contributed by atoms with Gasteiger partial charge in [-0.2, -0.15) is 0 Å². The molecule has 0 aliphatic heterocycles. The average molecular weight is 496 g/mol. The molecule has 0 aromatic heterocycles. The maximum absolute atomic E-state index is 2.34. The number of hydrogen-bond acceptors (Lipinski definition) is 0. The number of hydrogen-bond donors (Lipinski definition) is 0. The molecule has 1 nitrogen and oxygen atoms in total. The van der Waals surface area contributed by atoms with E-state index in [9.17, 15) is 0 Å². The maximum Gasteiger partial charge on any atom is 0.0786 e. The van der Waals surface area contributed by atoms with E-state index in [-0.39, 0.29) is 24.0 Å². The van der Waals surface area contributed by atoms with Gasteiger partial charge in [0.25, 0.3) is 0 Å². The SMILES string of the molecule is CCCCCCC[N+](CCCCCC)(CCCCCC)CCCCCC.[I-]. The Kier molecular flexibility index (Phi) is 25.4. The summed E-state index contributed by atoms with van der Waals surface area (Å²) in [6, 6.07) is 0. The smallest absolute Gasteiger partial charge is 0.0786 e. The van der Waals surface area contributed by atoms with Crippen LogP contribution in [0.15, 0.2) is 0 Å². The Morgan fingerprint density at radius 2 is 0.556 bits per heavy atom. The third-order valence-electron chi connectivity index (χ3n) is 6.19. The molecule has 0 aromatic carbocycles. The first-order chi connectivity index (χ1) is 12.7. The monoisotopic (exact) mass is 495 g/mol. The molecule has 27 heavy (non-hydrogen) atoms. The van der Waals surface area contributed by atoms with Gasteiger partial charge in [-0.3, -0.25) is 0 Å². The molecular weight excluding hydrogens is 441 g/mol. The highest BCUT2D eigenvalue weighted by Crippen LogP contribution is 2.19. The van der Waals surface area contributed by atoms with Crippen molar-refractivity contribution in [1.29, 1.82) is 0 Å². The first kappa shape index (κ1) is 29.9. The van der Waals surface area contributed by atoms with E-state index in [0.717, 1.165) is 0 Å². The molecule has 0 fully saturated rings. The summed E-state index contributed by atoms with van der Waals surface area (Å²) in [6.07, 6.45) is 24.3. The largest absolute Gasteiger partial charge is 1.00 e. The normalized spacial score (nSPS) is 11.6. The molecule has 0 radical (unpaired) electrons. The van der Waals surface area contributed by atoms with Crippen molar-refractivity contribution in [2.75, 3.05) is 26.2 Å². The highest BCUT2D eigenvalue weighted by atomic mass is 127. The van der Waals surface area contributed by atoms with E-state index in [1.165, 1.54) is 140 Å². The molecule has 0 unspecified atom stereocenters. The fraction of sp³-hybridized carbons (Fsp3) is 1.00. The fourth-order valence-electron chi connectivity index (χ4n) is 4.34. The second-order valence-electron chi connectivity index (χ2n) is 8.83. The lowest BCUT2D eigenvalue weighted by atomic mass is 10.1. The van der Waals surface area contributed by atoms with E-state index < -0.39 is 0 Å². The van der Waals surface area contributed by atoms with Crippen LogP contribution < -0.4 is 24.0 Å². The lowest BCUT2D eigenvalue weighted by molar-refractivity contribution is -0.929. The fourth-order valence-corrected chi connectivity index (χ4v) is 4.34. The predicted molar refractivity (Wildman–Crippen MR) is 121 cm³/mol. The van der Waals surface area contributed by atoms with Gasteiger partial charge in [-0.1, -0.05) is 85.5 Å². The molecule has 0 amide bonds. The first-order valence-electron chi connectivity index (χ1n) is 12.6. The highest BCUT2D eigenvalue weighted by molar-refractivity contribution is 4.53. The molecular formula is C25H54IN. The van der Waals surface area contributed by atoms with E-state index in [2.05, 4.69) is 27.7 Å². The minimum atomic E-state index is 0. The second kappa shape index (κ2) is 23.0. The topological polar surface area (TPSA) is 0 Å². The van der Waals surface area contributed by atoms with Crippen molar-refractivity contribution in [3.05, 3.63) is 0 Å². The van der Waals surface area contributed by atoms with Gasteiger partial charge in [-0.25, -0.2) is 0 Å². The Morgan fingerprint density at radius 3 is 0.815 bits per heavy atom. The van der Waals surface area contributed by atoms with Crippen molar-refractivity contribution < 1.29 is 28.5 Å². The van der Waals surface area contributed by atoms with Gasteiger partial charge in [0, 0.05) is 0 Å². The molecule has 0 heterocycles. The van der Waals surface area contributed by atoms with Gasteiger partial charge in [-0.15, -0.1) is 0 Å². The molecule has 0 saturated carbocycles. The molecule has 0 aliphatic carbocycles. The molecule has 0 aliphatic rings. The second-order valence-corrected chi connectivity index (χ2v) is 8.83. The van der Waals surface area contributed by atoms with Crippen LogP contribution in [0.1, 0.15) is 137 Å². The van der Waals surface area contributed by atoms with Crippen molar-refractivity contribution >= 4 is 0 Å². The van der Waals surface area contributed by atoms with Gasteiger partial charge < -0.3 is 28.5 Å². The molecule has 0 bridgehead atoms. The lowest BCUT2D eigenvalue weighted by Crippen LogP contribution is -3.00. The standard InChI is InChI=1S/C25H54N.HI/c1-5-9-13-17-21-25-26(22-18-14-10-6-2,23-19-15-11-7-3)24-20-16-12-8-4;/h5-25H2,1-4H3;1H/q+1;/p-1. The van der Waals surface area contributed by atoms with Crippen LogP contribution in [-0.2, 0) is 0 Å². The molecule has 0 spiro atoms. The summed E-state index contributed by atoms with van der Waals surface area (Å²) in [7, 11) is 0. The van der Waals surface area contributed by atoms with Crippen molar-refractivity contribution in [3.8, 4) is 0 Å². The molecule has 0 atom stereocenters. The third-order valence-corrected chi connectivity index (χ3v) is 6.19. The number of unbranched alkanes of at least 4 members (excludes halogenated alkanes) is 13. The molecule has 0 aromatic rings. The van der Waals surface area contributed by atoms with Gasteiger partial charge in [0.2, 0.25) is 0 Å². The van der Waals surface area contributed by atoms with E-state index in [0.29, 0.717) is 0 Å². The quantitative estimate of drug-likeness (QED) is 0.112. The van der Waals surface area contributed by atoms with Crippen molar-refractivity contribution in [2.24, 2.45) is 0 Å². The Balaban J connectivity index is 0. The van der Waals surface area contributed by atoms with E-state index in [1.54, 1.807) is 0 Å². The Hall–Kier alpha value is 0.690. The minimum absolute atomic E-state index is 0. The summed E-state index contributed by atoms with van der Waals surface area (Å²) in [6.45, 7) is 15.2. The predicted octanol–water partition coefficient (Wildman–Crippen LogP) is 5.52. The highest BCUT2D eigenvalue weighted by Gasteiger charge is 2.25. The molecule has 2 heteroatoms. The van der Waals surface area contributed by atoms with Crippen LogP contribution in [0, 0.1) is 0 Å². The zero-order valence-corrected chi connectivity index (χ0v) is 21.8. The van der Waals surface area contributed by atoms with Crippen LogP contribution in [0.2, 0.25) is 0 Å². The number of quaternary nitrogens is 1. The summed E-state index contributed by atoms with van der Waals surface area (Å²) in [4.78, 5) is 0. The zero-order valence-electron chi connectivity index (χ0n) is 19.7. The summed E-state index contributed by atoms with van der Waals surface area (Å²) < 4.78 is 1.46. The number of halogens is 1. The first-order valence-corrected chi connectivity index (χ1v) is 12.6. The van der Waals surface area contributed by atoms with Gasteiger partial charge in [0.15, 0.2) is 0 Å². The van der Waals surface area contributed by atoms with Gasteiger partial charge in [0.05, 0.1) is 26.2 Å². The van der Waals surface area contributed by atoms with E-state index in [1.807, 2.05) is 0 Å². The van der Waals surface area contributed by atoms with Crippen LogP contribution in [0.3, 0.4) is 0 Å². The molecule has 0 N–H and O–H groups in total. The van der Waals surface area contributed by atoms with Gasteiger partial charge in [0.1, 0.15) is 0 Å². The van der Waals surface area contributed by atoms with Crippen LogP contribution >= 0.6 is 0 Å². The van der Waals surface area contributed by atoms with Crippen LogP contribution in [0.5, 0.6) is 0 Å². The zero-order chi connectivity index (χ0) is 19.3. The molecule has 0 saturated heterocycles. The lowest BCUT2D eigenvalue weighted by Gasteiger charge is -2.39. The van der Waals surface area contributed by atoms with Gasteiger partial charge >= 0.3 is 0 Å². The maximum atomic E-state index is 2.34. The summed E-state index contributed by atoms with van der Waals surface area (Å²) >= 11 is 0. The molecule has 0 rings (SSSR count). The minimum Gasteiger partial charge on any atom is -1.00 e. The number of rotatable bonds is 21. The summed E-state index contributed by atoms with van der Waals surface area (Å²) in [5.74, 6) is 0. The summed E-state index contributed by atoms with van der Waals surface area (Å²) in [5, 5.41) is 0. The van der Waals surface area contributed by atoms with Crippen LogP contribution in [0.25, 0.3) is 0 Å². The van der Waals surface area contributed by atoms with E-state index in [4.69, 9.17) is 0 Å². The van der Waals surface area contributed by atoms with Crippen molar-refractivity contribution in [3.63, 3.8) is 0 Å². The van der Waals surface area contributed by atoms with Crippen molar-refractivity contribution in [2.45, 2.75) is 137 Å². The number of nitrogens with zero attached hydrogens (tertiary/aromatic N) is 1. The van der Waals surface area contributed by atoms with Gasteiger partial charge in [-0.05, 0) is 51.4 Å². The van der Waals surface area contributed by atoms with Crippen LogP contribution in [0.4, 0.5) is 0 Å². The average Bonchev–Trinajstić information content (AvgIpc) is 2.65. The Bertz CT molecular complexity index is 236. The summed E-state index contributed by atoms with van der Waals surface area (Å²) in [5.41, 5.74) is 0. The van der Waals surface area contributed by atoms with E-state index >= 15 is 0 Å². The van der Waals surface area contributed by atoms with Crippen molar-refractivity contribution in [1.82, 2.24) is 0 Å². The third kappa shape index (κ3) is 18.5. The van der Waals surface area contributed by atoms with Crippen LogP contribution in [-0.4, -0.2) is 30.7 Å². The Labute approximate surface area is 191 Å². The molecule has 166 valence electrons. The Morgan fingerprint density at radius 1 is 0.333 bits per heavy atom.